The standard InChI is InChI=1S/C17H21F3N4S/c1-3-13-7-4-5-8-14(13)22-16(25)21-9-6-10-24-12(2)11-15(23-24)17(18,19)20/h4-5,7-8,11H,3,6,9-10H2,1-2H3,(H2,21,22,25). The molecule has 2 aromatic rings. The van der Waals surface area contributed by atoms with E-state index >= 15 is 0 Å². The molecule has 1 aromatic heterocycles. The number of aryl methyl sites for hydroxylation is 3. The predicted molar refractivity (Wildman–Crippen MR) is 96.6 cm³/mol. The Morgan fingerprint density at radius 1 is 1.28 bits per heavy atom. The molecule has 0 fully saturated rings. The van der Waals surface area contributed by atoms with Gasteiger partial charge >= 0.3 is 6.18 Å². The number of nitrogens with zero attached hydrogens (tertiary/aromatic N) is 2. The van der Waals surface area contributed by atoms with Crippen molar-refractivity contribution in [3.63, 3.8) is 0 Å². The fourth-order valence-corrected chi connectivity index (χ4v) is 2.63. The van der Waals surface area contributed by atoms with Crippen LogP contribution in [0.3, 0.4) is 0 Å². The van der Waals surface area contributed by atoms with Gasteiger partial charge in [-0.1, -0.05) is 25.1 Å². The molecule has 2 rings (SSSR count). The number of rotatable bonds is 6. The van der Waals surface area contributed by atoms with Crippen LogP contribution in [0.5, 0.6) is 0 Å². The summed E-state index contributed by atoms with van der Waals surface area (Å²) in [6.07, 6.45) is -2.91. The summed E-state index contributed by atoms with van der Waals surface area (Å²) >= 11 is 5.26. The summed E-state index contributed by atoms with van der Waals surface area (Å²) in [7, 11) is 0. The van der Waals surface area contributed by atoms with Gasteiger partial charge in [0.05, 0.1) is 0 Å². The maximum absolute atomic E-state index is 12.6. The van der Waals surface area contributed by atoms with Crippen LogP contribution in [0.25, 0.3) is 0 Å². The van der Waals surface area contributed by atoms with Gasteiger partial charge in [0.15, 0.2) is 10.8 Å². The Morgan fingerprint density at radius 3 is 2.64 bits per heavy atom. The Morgan fingerprint density at radius 2 is 2.00 bits per heavy atom. The number of para-hydroxylation sites is 1. The molecule has 0 aliphatic carbocycles. The van der Waals surface area contributed by atoms with Gasteiger partial charge in [-0.15, -0.1) is 0 Å². The number of benzene rings is 1. The zero-order chi connectivity index (χ0) is 18.4. The van der Waals surface area contributed by atoms with E-state index in [2.05, 4.69) is 22.7 Å². The molecule has 0 spiro atoms. The van der Waals surface area contributed by atoms with E-state index in [1.165, 1.54) is 10.2 Å². The number of halogens is 3. The molecule has 4 nitrogen and oxygen atoms in total. The molecule has 8 heteroatoms. The van der Waals surface area contributed by atoms with Crippen LogP contribution in [0.1, 0.15) is 30.3 Å². The fourth-order valence-electron chi connectivity index (χ4n) is 2.42. The lowest BCUT2D eigenvalue weighted by molar-refractivity contribution is -0.141. The highest BCUT2D eigenvalue weighted by Crippen LogP contribution is 2.28. The minimum Gasteiger partial charge on any atom is -0.362 e. The third-order valence-electron chi connectivity index (χ3n) is 3.75. The lowest BCUT2D eigenvalue weighted by Gasteiger charge is -2.13. The largest absolute Gasteiger partial charge is 0.435 e. The highest BCUT2D eigenvalue weighted by atomic mass is 32.1. The summed E-state index contributed by atoms with van der Waals surface area (Å²) in [5.74, 6) is 0. The lowest BCUT2D eigenvalue weighted by atomic mass is 10.1. The molecule has 0 aliphatic rings. The number of alkyl halides is 3. The molecule has 0 amide bonds. The maximum Gasteiger partial charge on any atom is 0.435 e. The van der Waals surface area contributed by atoms with Gasteiger partial charge in [0.1, 0.15) is 0 Å². The van der Waals surface area contributed by atoms with E-state index in [4.69, 9.17) is 12.2 Å². The van der Waals surface area contributed by atoms with Crippen molar-refractivity contribution in [3.8, 4) is 0 Å². The lowest BCUT2D eigenvalue weighted by Crippen LogP contribution is -2.30. The summed E-state index contributed by atoms with van der Waals surface area (Å²) in [6.45, 7) is 4.62. The topological polar surface area (TPSA) is 41.9 Å². The summed E-state index contributed by atoms with van der Waals surface area (Å²) < 4.78 is 39.3. The molecule has 0 saturated carbocycles. The Balaban J connectivity index is 1.79. The Labute approximate surface area is 150 Å². The third kappa shape index (κ3) is 5.45. The minimum atomic E-state index is -4.41. The normalized spacial score (nSPS) is 11.4. The summed E-state index contributed by atoms with van der Waals surface area (Å²) in [5, 5.41) is 10.3. The zero-order valence-electron chi connectivity index (χ0n) is 14.2. The monoisotopic (exact) mass is 370 g/mol. The molecule has 2 N–H and O–H groups in total. The molecule has 0 bridgehead atoms. The molecule has 136 valence electrons. The van der Waals surface area contributed by atoms with E-state index in [9.17, 15) is 13.2 Å². The van der Waals surface area contributed by atoms with Crippen molar-refractivity contribution in [1.29, 1.82) is 0 Å². The molecule has 1 aromatic carbocycles. The fraction of sp³-hybridized carbons (Fsp3) is 0.412. The number of aromatic nitrogens is 2. The van der Waals surface area contributed by atoms with E-state index in [0.29, 0.717) is 30.3 Å². The van der Waals surface area contributed by atoms with Gasteiger partial charge in [0, 0.05) is 24.5 Å². The molecular formula is C17H21F3N4S. The van der Waals surface area contributed by atoms with Crippen LogP contribution in [0.15, 0.2) is 30.3 Å². The van der Waals surface area contributed by atoms with Crippen LogP contribution in [0, 0.1) is 6.92 Å². The maximum atomic E-state index is 12.6. The van der Waals surface area contributed by atoms with Gasteiger partial charge < -0.3 is 10.6 Å². The van der Waals surface area contributed by atoms with Crippen LogP contribution >= 0.6 is 12.2 Å². The van der Waals surface area contributed by atoms with Gasteiger partial charge in [-0.25, -0.2) is 0 Å². The van der Waals surface area contributed by atoms with Crippen molar-refractivity contribution >= 4 is 23.0 Å². The zero-order valence-corrected chi connectivity index (χ0v) is 15.0. The number of hydrogen-bond donors (Lipinski definition) is 2. The van der Waals surface area contributed by atoms with Gasteiger partial charge in [-0.3, -0.25) is 4.68 Å². The Bertz CT molecular complexity index is 725. The van der Waals surface area contributed by atoms with Crippen LogP contribution in [-0.2, 0) is 19.1 Å². The second kappa shape index (κ2) is 8.33. The van der Waals surface area contributed by atoms with E-state index in [0.717, 1.165) is 18.2 Å². The van der Waals surface area contributed by atoms with Gasteiger partial charge in [0.25, 0.3) is 0 Å². The first-order valence-corrected chi connectivity index (χ1v) is 8.46. The first-order chi connectivity index (χ1) is 11.8. The molecule has 0 atom stereocenters. The van der Waals surface area contributed by atoms with Gasteiger partial charge in [-0.05, 0) is 49.7 Å². The van der Waals surface area contributed by atoms with Crippen molar-refractivity contribution < 1.29 is 13.2 Å². The van der Waals surface area contributed by atoms with E-state index in [1.54, 1.807) is 6.92 Å². The number of anilines is 1. The molecule has 1 heterocycles. The van der Waals surface area contributed by atoms with Crippen LogP contribution in [-0.4, -0.2) is 21.4 Å². The van der Waals surface area contributed by atoms with E-state index in [1.807, 2.05) is 24.3 Å². The quantitative estimate of drug-likeness (QED) is 0.592. The SMILES string of the molecule is CCc1ccccc1NC(=S)NCCCn1nc(C(F)(F)F)cc1C. The number of nitrogens with one attached hydrogen (secondary N) is 2. The molecule has 0 aliphatic heterocycles. The van der Waals surface area contributed by atoms with Crippen molar-refractivity contribution in [2.45, 2.75) is 39.4 Å². The van der Waals surface area contributed by atoms with Crippen molar-refractivity contribution in [2.24, 2.45) is 0 Å². The van der Waals surface area contributed by atoms with Crippen LogP contribution in [0.2, 0.25) is 0 Å². The molecule has 0 radical (unpaired) electrons. The molecule has 25 heavy (non-hydrogen) atoms. The first-order valence-electron chi connectivity index (χ1n) is 8.05. The van der Waals surface area contributed by atoms with Crippen LogP contribution < -0.4 is 10.6 Å². The highest BCUT2D eigenvalue weighted by Gasteiger charge is 2.34. The predicted octanol–water partition coefficient (Wildman–Crippen LogP) is 4.15. The first kappa shape index (κ1) is 19.2. The summed E-state index contributed by atoms with van der Waals surface area (Å²) in [6, 6.07) is 8.95. The average Bonchev–Trinajstić information content (AvgIpc) is 2.93. The Kier molecular flexibility index (Phi) is 6.41. The van der Waals surface area contributed by atoms with E-state index in [-0.39, 0.29) is 0 Å². The van der Waals surface area contributed by atoms with Crippen molar-refractivity contribution in [2.75, 3.05) is 11.9 Å². The van der Waals surface area contributed by atoms with Gasteiger partial charge in [-0.2, -0.15) is 18.3 Å². The second-order valence-electron chi connectivity index (χ2n) is 5.64. The summed E-state index contributed by atoms with van der Waals surface area (Å²) in [4.78, 5) is 0. The number of hydrogen-bond acceptors (Lipinski definition) is 2. The summed E-state index contributed by atoms with van der Waals surface area (Å²) in [5.41, 5.74) is 1.76. The molecule has 0 saturated heterocycles. The van der Waals surface area contributed by atoms with Crippen LogP contribution in [0.4, 0.5) is 18.9 Å². The molecular weight excluding hydrogens is 349 g/mol. The number of thiocarbonyl (C=S) groups is 1. The van der Waals surface area contributed by atoms with Gasteiger partial charge in [0.2, 0.25) is 0 Å². The third-order valence-corrected chi connectivity index (χ3v) is 4.00. The second-order valence-corrected chi connectivity index (χ2v) is 6.05. The minimum absolute atomic E-state index is 0.392. The van der Waals surface area contributed by atoms with E-state index < -0.39 is 11.9 Å². The average molecular weight is 370 g/mol. The van der Waals surface area contributed by atoms with Crippen molar-refractivity contribution in [1.82, 2.24) is 15.1 Å². The Hall–Kier alpha value is -2.09. The van der Waals surface area contributed by atoms with Crippen molar-refractivity contribution in [3.05, 3.63) is 47.3 Å². The molecule has 0 unspecified atom stereocenters. The highest BCUT2D eigenvalue weighted by molar-refractivity contribution is 7.80. The smallest absolute Gasteiger partial charge is 0.362 e.